The predicted octanol–water partition coefficient (Wildman–Crippen LogP) is 3.83. The zero-order valence-corrected chi connectivity index (χ0v) is 13.4. The Morgan fingerprint density at radius 3 is 2.42 bits per heavy atom. The highest BCUT2D eigenvalue weighted by molar-refractivity contribution is 9.10. The standard InChI is InChI=1S/C16H22BrNO/c1-18(2)16(10-6-3-7-11-16)15(19)12-13-8-4-5-9-14(13)17/h4-5,8-9H,3,6-7,10-12H2,1-2H3. The number of benzene rings is 1. The van der Waals surface area contributed by atoms with E-state index in [1.807, 2.05) is 38.4 Å². The molecule has 1 aliphatic rings. The Hall–Kier alpha value is -0.670. The summed E-state index contributed by atoms with van der Waals surface area (Å²) in [4.78, 5) is 15.0. The van der Waals surface area contributed by atoms with Crippen LogP contribution in [-0.2, 0) is 11.2 Å². The van der Waals surface area contributed by atoms with Gasteiger partial charge < -0.3 is 0 Å². The maximum absolute atomic E-state index is 12.8. The van der Waals surface area contributed by atoms with Gasteiger partial charge in [0, 0.05) is 10.9 Å². The molecule has 0 heterocycles. The maximum Gasteiger partial charge on any atom is 0.157 e. The fourth-order valence-corrected chi connectivity index (χ4v) is 3.52. The smallest absolute Gasteiger partial charge is 0.157 e. The molecular weight excluding hydrogens is 302 g/mol. The summed E-state index contributed by atoms with van der Waals surface area (Å²) in [7, 11) is 4.09. The SMILES string of the molecule is CN(C)C1(C(=O)Cc2ccccc2Br)CCCCC1. The topological polar surface area (TPSA) is 20.3 Å². The molecule has 19 heavy (non-hydrogen) atoms. The van der Waals surface area contributed by atoms with Gasteiger partial charge >= 0.3 is 0 Å². The molecule has 0 aromatic heterocycles. The van der Waals surface area contributed by atoms with Crippen molar-refractivity contribution in [3.63, 3.8) is 0 Å². The highest BCUT2D eigenvalue weighted by Gasteiger charge is 2.40. The quantitative estimate of drug-likeness (QED) is 0.839. The van der Waals surface area contributed by atoms with Gasteiger partial charge in [-0.3, -0.25) is 9.69 Å². The lowest BCUT2D eigenvalue weighted by molar-refractivity contribution is -0.131. The molecule has 2 nitrogen and oxygen atoms in total. The molecular formula is C16H22BrNO. The first kappa shape index (κ1) is 14.7. The summed E-state index contributed by atoms with van der Waals surface area (Å²) in [6.07, 6.45) is 6.13. The number of halogens is 1. The summed E-state index contributed by atoms with van der Waals surface area (Å²) in [6.45, 7) is 0. The van der Waals surface area contributed by atoms with E-state index in [2.05, 4.69) is 20.8 Å². The second kappa shape index (κ2) is 6.19. The van der Waals surface area contributed by atoms with Crippen molar-refractivity contribution < 1.29 is 4.79 Å². The Labute approximate surface area is 124 Å². The Morgan fingerprint density at radius 2 is 1.84 bits per heavy atom. The number of hydrogen-bond acceptors (Lipinski definition) is 2. The van der Waals surface area contributed by atoms with Gasteiger partial charge in [0.15, 0.2) is 5.78 Å². The van der Waals surface area contributed by atoms with E-state index in [-0.39, 0.29) is 5.54 Å². The molecule has 0 atom stereocenters. The van der Waals surface area contributed by atoms with Gasteiger partial charge in [-0.05, 0) is 38.6 Å². The van der Waals surface area contributed by atoms with E-state index in [0.29, 0.717) is 12.2 Å². The molecule has 1 aliphatic carbocycles. The molecule has 3 heteroatoms. The Bertz CT molecular complexity index is 450. The van der Waals surface area contributed by atoms with Gasteiger partial charge in [-0.15, -0.1) is 0 Å². The fourth-order valence-electron chi connectivity index (χ4n) is 3.09. The maximum atomic E-state index is 12.8. The van der Waals surface area contributed by atoms with Crippen LogP contribution < -0.4 is 0 Å². The first-order valence-corrected chi connectivity index (χ1v) is 7.80. The molecule has 1 saturated carbocycles. The Kier molecular flexibility index (Phi) is 4.80. The van der Waals surface area contributed by atoms with Gasteiger partial charge in [0.2, 0.25) is 0 Å². The summed E-state index contributed by atoms with van der Waals surface area (Å²) in [5.41, 5.74) is 0.854. The molecule has 0 N–H and O–H groups in total. The minimum Gasteiger partial charge on any atom is -0.297 e. The van der Waals surface area contributed by atoms with Crippen LogP contribution in [0.1, 0.15) is 37.7 Å². The number of rotatable bonds is 4. The van der Waals surface area contributed by atoms with Crippen LogP contribution in [0.25, 0.3) is 0 Å². The summed E-state index contributed by atoms with van der Waals surface area (Å²) < 4.78 is 1.04. The number of carbonyl (C=O) groups excluding carboxylic acids is 1. The lowest BCUT2D eigenvalue weighted by Crippen LogP contribution is -2.53. The van der Waals surface area contributed by atoms with Crippen LogP contribution >= 0.6 is 15.9 Å². The predicted molar refractivity (Wildman–Crippen MR) is 82.4 cm³/mol. The van der Waals surface area contributed by atoms with Crippen LogP contribution in [0.5, 0.6) is 0 Å². The lowest BCUT2D eigenvalue weighted by atomic mass is 9.76. The third kappa shape index (κ3) is 3.09. The van der Waals surface area contributed by atoms with E-state index in [1.165, 1.54) is 19.3 Å². The van der Waals surface area contributed by atoms with Gasteiger partial charge in [0.25, 0.3) is 0 Å². The summed E-state index contributed by atoms with van der Waals surface area (Å²) >= 11 is 3.54. The molecule has 0 spiro atoms. The number of carbonyl (C=O) groups is 1. The highest BCUT2D eigenvalue weighted by atomic mass is 79.9. The van der Waals surface area contributed by atoms with Crippen molar-refractivity contribution in [3.8, 4) is 0 Å². The van der Waals surface area contributed by atoms with Crippen molar-refractivity contribution in [2.75, 3.05) is 14.1 Å². The Morgan fingerprint density at radius 1 is 1.21 bits per heavy atom. The monoisotopic (exact) mass is 323 g/mol. The van der Waals surface area contributed by atoms with Gasteiger partial charge in [0.1, 0.15) is 0 Å². The van der Waals surface area contributed by atoms with Crippen LogP contribution in [-0.4, -0.2) is 30.3 Å². The van der Waals surface area contributed by atoms with Gasteiger partial charge in [-0.25, -0.2) is 0 Å². The van der Waals surface area contributed by atoms with Crippen LogP contribution in [0.3, 0.4) is 0 Å². The average Bonchev–Trinajstić information content (AvgIpc) is 2.42. The van der Waals surface area contributed by atoms with Crippen LogP contribution in [0.15, 0.2) is 28.7 Å². The zero-order chi connectivity index (χ0) is 13.9. The molecule has 0 bridgehead atoms. The van der Waals surface area contributed by atoms with Gasteiger partial charge in [0.05, 0.1) is 5.54 Å². The highest BCUT2D eigenvalue weighted by Crippen LogP contribution is 2.34. The normalized spacial score (nSPS) is 18.5. The van der Waals surface area contributed by atoms with E-state index in [4.69, 9.17) is 0 Å². The summed E-state index contributed by atoms with van der Waals surface area (Å²) in [5.74, 6) is 0.365. The minimum atomic E-state index is -0.243. The van der Waals surface area contributed by atoms with E-state index in [9.17, 15) is 4.79 Å². The van der Waals surface area contributed by atoms with Gasteiger partial charge in [-0.1, -0.05) is 53.4 Å². The van der Waals surface area contributed by atoms with E-state index in [0.717, 1.165) is 22.9 Å². The number of likely N-dealkylation sites (N-methyl/N-ethyl adjacent to an activating group) is 1. The molecule has 1 aromatic rings. The van der Waals surface area contributed by atoms with E-state index >= 15 is 0 Å². The van der Waals surface area contributed by atoms with Crippen molar-refractivity contribution in [1.29, 1.82) is 0 Å². The largest absolute Gasteiger partial charge is 0.297 e. The second-order valence-electron chi connectivity index (χ2n) is 5.68. The fraction of sp³-hybridized carbons (Fsp3) is 0.562. The molecule has 0 aliphatic heterocycles. The minimum absolute atomic E-state index is 0.243. The first-order valence-electron chi connectivity index (χ1n) is 7.00. The molecule has 104 valence electrons. The average molecular weight is 324 g/mol. The van der Waals surface area contributed by atoms with Crippen LogP contribution in [0.2, 0.25) is 0 Å². The number of nitrogens with zero attached hydrogens (tertiary/aromatic N) is 1. The number of hydrogen-bond donors (Lipinski definition) is 0. The van der Waals surface area contributed by atoms with Crippen molar-refractivity contribution in [1.82, 2.24) is 4.90 Å². The number of ketones is 1. The molecule has 1 fully saturated rings. The zero-order valence-electron chi connectivity index (χ0n) is 11.8. The molecule has 1 aromatic carbocycles. The Balaban J connectivity index is 2.19. The summed E-state index contributed by atoms with van der Waals surface area (Å²) in [5, 5.41) is 0. The van der Waals surface area contributed by atoms with Crippen LogP contribution in [0, 0.1) is 0 Å². The third-order valence-corrected chi connectivity index (χ3v) is 5.14. The van der Waals surface area contributed by atoms with Gasteiger partial charge in [-0.2, -0.15) is 0 Å². The lowest BCUT2D eigenvalue weighted by Gasteiger charge is -2.41. The first-order chi connectivity index (χ1) is 9.06. The van der Waals surface area contributed by atoms with Crippen molar-refractivity contribution in [3.05, 3.63) is 34.3 Å². The van der Waals surface area contributed by atoms with E-state index in [1.54, 1.807) is 0 Å². The molecule has 0 amide bonds. The van der Waals surface area contributed by atoms with E-state index < -0.39 is 0 Å². The molecule has 0 saturated heterocycles. The van der Waals surface area contributed by atoms with Crippen LogP contribution in [0.4, 0.5) is 0 Å². The molecule has 2 rings (SSSR count). The molecule has 0 radical (unpaired) electrons. The van der Waals surface area contributed by atoms with Crippen molar-refractivity contribution in [2.24, 2.45) is 0 Å². The summed E-state index contributed by atoms with van der Waals surface area (Å²) in [6, 6.07) is 8.02. The second-order valence-corrected chi connectivity index (χ2v) is 6.53. The van der Waals surface area contributed by atoms with Crippen molar-refractivity contribution >= 4 is 21.7 Å². The number of Topliss-reactive ketones (excluding diaryl/α,β-unsaturated/α-hetero) is 1. The van der Waals surface area contributed by atoms with Crippen molar-refractivity contribution in [2.45, 2.75) is 44.1 Å². The molecule has 0 unspecified atom stereocenters. The third-order valence-electron chi connectivity index (χ3n) is 4.36.